The Morgan fingerprint density at radius 2 is 2.28 bits per heavy atom. The second kappa shape index (κ2) is 5.73. The minimum Gasteiger partial charge on any atom is -0.496 e. The average molecular weight is 269 g/mol. The molecule has 0 atom stereocenters. The van der Waals surface area contributed by atoms with Gasteiger partial charge in [-0.05, 0) is 6.42 Å². The number of hydrogen-bond donors (Lipinski definition) is 1. The fourth-order valence-electron chi connectivity index (χ4n) is 1.63. The molecule has 1 N–H and O–H groups in total. The van der Waals surface area contributed by atoms with E-state index in [-0.39, 0.29) is 5.56 Å². The SMILES string of the molecule is COc1cc(OCCCCl)cc2nc[nH]c(=O)c12. The highest BCUT2D eigenvalue weighted by atomic mass is 35.5. The van der Waals surface area contributed by atoms with Crippen LogP contribution in [0.1, 0.15) is 6.42 Å². The topological polar surface area (TPSA) is 64.2 Å². The molecule has 1 aromatic heterocycles. The summed E-state index contributed by atoms with van der Waals surface area (Å²) in [6.45, 7) is 0.515. The van der Waals surface area contributed by atoms with Crippen LogP contribution in [0.3, 0.4) is 0 Å². The first-order valence-corrected chi connectivity index (χ1v) is 6.04. The summed E-state index contributed by atoms with van der Waals surface area (Å²) in [7, 11) is 1.50. The van der Waals surface area contributed by atoms with E-state index >= 15 is 0 Å². The molecule has 18 heavy (non-hydrogen) atoms. The number of nitrogens with zero attached hydrogens (tertiary/aromatic N) is 1. The molecule has 0 aliphatic rings. The van der Waals surface area contributed by atoms with Crippen molar-refractivity contribution < 1.29 is 9.47 Å². The van der Waals surface area contributed by atoms with E-state index in [4.69, 9.17) is 21.1 Å². The van der Waals surface area contributed by atoms with Gasteiger partial charge >= 0.3 is 0 Å². The van der Waals surface area contributed by atoms with Crippen LogP contribution >= 0.6 is 11.6 Å². The predicted octanol–water partition coefficient (Wildman–Crippen LogP) is 1.94. The number of halogens is 1. The van der Waals surface area contributed by atoms with Crippen molar-refractivity contribution in [1.82, 2.24) is 9.97 Å². The lowest BCUT2D eigenvalue weighted by atomic mass is 10.2. The van der Waals surface area contributed by atoms with Crippen molar-refractivity contribution in [2.45, 2.75) is 6.42 Å². The third-order valence-electron chi connectivity index (χ3n) is 2.45. The van der Waals surface area contributed by atoms with Crippen molar-refractivity contribution in [3.63, 3.8) is 0 Å². The molecule has 0 aliphatic heterocycles. The molecule has 2 aromatic rings. The first kappa shape index (κ1) is 12.7. The van der Waals surface area contributed by atoms with Crippen molar-refractivity contribution in [2.24, 2.45) is 0 Å². The van der Waals surface area contributed by atoms with E-state index < -0.39 is 0 Å². The maximum absolute atomic E-state index is 11.7. The molecular weight excluding hydrogens is 256 g/mol. The normalized spacial score (nSPS) is 10.6. The van der Waals surface area contributed by atoms with Gasteiger partial charge in [0.25, 0.3) is 5.56 Å². The number of alkyl halides is 1. The molecule has 2 rings (SSSR count). The van der Waals surface area contributed by atoms with Crippen LogP contribution in [-0.2, 0) is 0 Å². The van der Waals surface area contributed by atoms with Gasteiger partial charge in [-0.3, -0.25) is 4.79 Å². The zero-order valence-electron chi connectivity index (χ0n) is 9.90. The first-order chi connectivity index (χ1) is 8.76. The number of ether oxygens (including phenoxy) is 2. The van der Waals surface area contributed by atoms with E-state index in [1.807, 2.05) is 0 Å². The summed E-state index contributed by atoms with van der Waals surface area (Å²) in [6, 6.07) is 3.38. The number of hydrogen-bond acceptors (Lipinski definition) is 4. The Balaban J connectivity index is 2.43. The van der Waals surface area contributed by atoms with Crippen LogP contribution < -0.4 is 15.0 Å². The maximum atomic E-state index is 11.7. The molecule has 0 unspecified atom stereocenters. The monoisotopic (exact) mass is 268 g/mol. The molecular formula is C12H13ClN2O3. The molecule has 0 spiro atoms. The van der Waals surface area contributed by atoms with Crippen molar-refractivity contribution in [3.8, 4) is 11.5 Å². The summed E-state index contributed by atoms with van der Waals surface area (Å²) in [4.78, 5) is 18.3. The maximum Gasteiger partial charge on any atom is 0.262 e. The number of nitrogens with one attached hydrogen (secondary N) is 1. The zero-order valence-corrected chi connectivity index (χ0v) is 10.7. The summed E-state index contributed by atoms with van der Waals surface area (Å²) in [5.41, 5.74) is 0.308. The second-order valence-corrected chi connectivity index (χ2v) is 4.02. The van der Waals surface area contributed by atoms with E-state index in [9.17, 15) is 4.79 Å². The number of methoxy groups -OCH3 is 1. The Morgan fingerprint density at radius 3 is 3.00 bits per heavy atom. The molecule has 96 valence electrons. The van der Waals surface area contributed by atoms with Crippen molar-refractivity contribution in [1.29, 1.82) is 0 Å². The van der Waals surface area contributed by atoms with Gasteiger partial charge in [0.1, 0.15) is 16.9 Å². The second-order valence-electron chi connectivity index (χ2n) is 3.64. The van der Waals surface area contributed by atoms with Crippen LogP contribution in [-0.4, -0.2) is 29.6 Å². The van der Waals surface area contributed by atoms with Crippen molar-refractivity contribution in [3.05, 3.63) is 28.8 Å². The number of aromatic amines is 1. The van der Waals surface area contributed by atoms with Gasteiger partial charge in [0.05, 0.1) is 25.6 Å². The van der Waals surface area contributed by atoms with Gasteiger partial charge in [-0.25, -0.2) is 4.98 Å². The van der Waals surface area contributed by atoms with Crippen molar-refractivity contribution in [2.75, 3.05) is 19.6 Å². The summed E-state index contributed by atoms with van der Waals surface area (Å²) in [5, 5.41) is 0.421. The molecule has 0 saturated heterocycles. The molecule has 0 aliphatic carbocycles. The van der Waals surface area contributed by atoms with Crippen molar-refractivity contribution >= 4 is 22.5 Å². The Labute approximate surface area is 109 Å². The molecule has 1 aromatic carbocycles. The summed E-state index contributed by atoms with van der Waals surface area (Å²) >= 11 is 5.58. The predicted molar refractivity (Wildman–Crippen MR) is 69.7 cm³/mol. The number of aromatic nitrogens is 2. The zero-order chi connectivity index (χ0) is 13.0. The number of fused-ring (bicyclic) bond motifs is 1. The Bertz CT molecular complexity index is 597. The Hall–Kier alpha value is -1.75. The van der Waals surface area contributed by atoms with Gasteiger partial charge in [0, 0.05) is 18.0 Å². The summed E-state index contributed by atoms with van der Waals surface area (Å²) in [6.07, 6.45) is 2.11. The van der Waals surface area contributed by atoms with Gasteiger partial charge in [-0.15, -0.1) is 11.6 Å². The lowest BCUT2D eigenvalue weighted by Gasteiger charge is -2.09. The molecule has 1 heterocycles. The number of benzene rings is 1. The fourth-order valence-corrected chi connectivity index (χ4v) is 1.74. The molecule has 0 fully saturated rings. The lowest BCUT2D eigenvalue weighted by molar-refractivity contribution is 0.316. The summed E-state index contributed by atoms with van der Waals surface area (Å²) < 4.78 is 10.7. The van der Waals surface area contributed by atoms with E-state index in [1.165, 1.54) is 13.4 Å². The van der Waals surface area contributed by atoms with Crippen LogP contribution in [0.2, 0.25) is 0 Å². The Kier molecular flexibility index (Phi) is 4.04. The van der Waals surface area contributed by atoms with Gasteiger partial charge in [0.15, 0.2) is 0 Å². The van der Waals surface area contributed by atoms with Crippen LogP contribution in [0.25, 0.3) is 10.9 Å². The van der Waals surface area contributed by atoms with Gasteiger partial charge in [-0.2, -0.15) is 0 Å². The average Bonchev–Trinajstić information content (AvgIpc) is 2.38. The smallest absolute Gasteiger partial charge is 0.262 e. The number of H-pyrrole nitrogens is 1. The molecule has 0 bridgehead atoms. The molecule has 5 nitrogen and oxygen atoms in total. The van der Waals surface area contributed by atoms with Crippen LogP contribution in [0, 0.1) is 0 Å². The molecule has 6 heteroatoms. The molecule has 0 radical (unpaired) electrons. The highest BCUT2D eigenvalue weighted by Crippen LogP contribution is 2.27. The third-order valence-corrected chi connectivity index (χ3v) is 2.72. The van der Waals surface area contributed by atoms with E-state index in [0.29, 0.717) is 34.9 Å². The summed E-state index contributed by atoms with van der Waals surface area (Å²) in [5.74, 6) is 1.60. The van der Waals surface area contributed by atoms with Crippen LogP contribution in [0.5, 0.6) is 11.5 Å². The van der Waals surface area contributed by atoms with Gasteiger partial charge in [-0.1, -0.05) is 0 Å². The fraction of sp³-hybridized carbons (Fsp3) is 0.333. The molecule has 0 saturated carbocycles. The lowest BCUT2D eigenvalue weighted by Crippen LogP contribution is -2.08. The number of rotatable bonds is 5. The quantitative estimate of drug-likeness (QED) is 0.665. The van der Waals surface area contributed by atoms with Gasteiger partial charge < -0.3 is 14.5 Å². The highest BCUT2D eigenvalue weighted by molar-refractivity contribution is 6.17. The van der Waals surface area contributed by atoms with E-state index in [2.05, 4.69) is 9.97 Å². The van der Waals surface area contributed by atoms with Crippen LogP contribution in [0.15, 0.2) is 23.3 Å². The molecule has 0 amide bonds. The van der Waals surface area contributed by atoms with E-state index in [1.54, 1.807) is 12.1 Å². The largest absolute Gasteiger partial charge is 0.496 e. The standard InChI is InChI=1S/C12H13ClN2O3/c1-17-10-6-8(18-4-2-3-13)5-9-11(10)12(16)15-7-14-9/h5-7H,2-4H2,1H3,(H,14,15,16). The minimum absolute atomic E-state index is 0.232. The minimum atomic E-state index is -0.232. The highest BCUT2D eigenvalue weighted by Gasteiger charge is 2.09. The van der Waals surface area contributed by atoms with Crippen LogP contribution in [0.4, 0.5) is 0 Å². The first-order valence-electron chi connectivity index (χ1n) is 5.50. The van der Waals surface area contributed by atoms with E-state index in [0.717, 1.165) is 6.42 Å². The Morgan fingerprint density at radius 1 is 1.44 bits per heavy atom. The third kappa shape index (κ3) is 2.56. The van der Waals surface area contributed by atoms with Gasteiger partial charge in [0.2, 0.25) is 0 Å².